The van der Waals surface area contributed by atoms with Gasteiger partial charge in [-0.3, -0.25) is 15.0 Å². The first-order chi connectivity index (χ1) is 16.5. The number of fused-ring (bicyclic) bond motifs is 1. The van der Waals surface area contributed by atoms with E-state index in [1.807, 2.05) is 48.5 Å². The molecule has 0 amide bonds. The molecule has 1 fully saturated rings. The third kappa shape index (κ3) is 3.80. The summed E-state index contributed by atoms with van der Waals surface area (Å²) in [5, 5.41) is 35.3. The highest BCUT2D eigenvalue weighted by Gasteiger charge is 2.52. The van der Waals surface area contributed by atoms with E-state index >= 15 is 0 Å². The van der Waals surface area contributed by atoms with Crippen LogP contribution in [0, 0.1) is 0 Å². The monoisotopic (exact) mass is 461 g/mol. The van der Waals surface area contributed by atoms with E-state index in [0.29, 0.717) is 28.4 Å². The zero-order chi connectivity index (χ0) is 23.7. The highest BCUT2D eigenvalue weighted by molar-refractivity contribution is 6.12. The highest BCUT2D eigenvalue weighted by atomic mass is 16.6. The van der Waals surface area contributed by atoms with Crippen LogP contribution in [0.2, 0.25) is 0 Å². The van der Waals surface area contributed by atoms with Crippen molar-refractivity contribution in [1.29, 1.82) is 0 Å². The van der Waals surface area contributed by atoms with E-state index in [1.54, 1.807) is 6.20 Å². The molecule has 0 bridgehead atoms. The lowest BCUT2D eigenvalue weighted by atomic mass is 9.95. The first-order valence-corrected chi connectivity index (χ1v) is 10.7. The Hall–Kier alpha value is -3.77. The van der Waals surface area contributed by atoms with Crippen molar-refractivity contribution >= 4 is 22.7 Å². The van der Waals surface area contributed by atoms with Crippen molar-refractivity contribution in [2.75, 3.05) is 12.0 Å². The Labute approximate surface area is 194 Å². The number of nitrogens with zero attached hydrogens (tertiary/aromatic N) is 6. The number of imidazole rings is 1. The number of rotatable bonds is 6. The van der Waals surface area contributed by atoms with Crippen molar-refractivity contribution in [3.05, 3.63) is 78.6 Å². The van der Waals surface area contributed by atoms with Crippen LogP contribution in [-0.2, 0) is 4.74 Å². The second-order valence-corrected chi connectivity index (χ2v) is 8.07. The van der Waals surface area contributed by atoms with Gasteiger partial charge in [-0.2, -0.15) is 5.10 Å². The number of aliphatic hydroxyl groups is 3. The number of benzene rings is 1. The lowest BCUT2D eigenvalue weighted by Gasteiger charge is -2.25. The molecule has 4 aromatic rings. The summed E-state index contributed by atoms with van der Waals surface area (Å²) < 4.78 is 7.20. The zero-order valence-electron chi connectivity index (χ0n) is 18.2. The average molecular weight is 461 g/mol. The maximum Gasteiger partial charge on any atom is 0.177 e. The third-order valence-electron chi connectivity index (χ3n) is 5.85. The second-order valence-electron chi connectivity index (χ2n) is 8.07. The molecule has 4 N–H and O–H groups in total. The summed E-state index contributed by atoms with van der Waals surface area (Å²) in [6.07, 6.45) is 1.22. The number of anilines is 1. The fourth-order valence-electron chi connectivity index (χ4n) is 3.90. The molecule has 5 rings (SSSR count). The molecule has 1 aromatic carbocycles. The van der Waals surface area contributed by atoms with Crippen molar-refractivity contribution < 1.29 is 20.1 Å². The number of aromatic nitrogens is 5. The largest absolute Gasteiger partial charge is 0.394 e. The second kappa shape index (κ2) is 8.88. The van der Waals surface area contributed by atoms with Crippen molar-refractivity contribution in [3.8, 4) is 0 Å². The molecule has 0 spiro atoms. The number of aliphatic hydroxyl groups excluding tert-OH is 2. The van der Waals surface area contributed by atoms with Crippen molar-refractivity contribution in [3.63, 3.8) is 0 Å². The standard InChI is InChI=1S/C23H23N7O4/c1-23(33)16(11-31)34-22(19(23)32)30-13-27-18-20(25-12-26-21(18)30)29-28-17(14-7-3-2-4-8-14)15-9-5-6-10-24-15/h2-10,12-13,16,19,22,31-33H,11H2,1H3,(H,25,26,29)/t16-,19?,22-,23-/m1/s1. The van der Waals surface area contributed by atoms with Crippen LogP contribution in [0.3, 0.4) is 0 Å². The summed E-state index contributed by atoms with van der Waals surface area (Å²) in [5.41, 5.74) is 4.24. The fraction of sp³-hybridized carbons (Fsp3) is 0.261. The van der Waals surface area contributed by atoms with E-state index in [0.717, 1.165) is 5.56 Å². The van der Waals surface area contributed by atoms with Gasteiger partial charge in [0.2, 0.25) is 0 Å². The number of ether oxygens (including phenoxy) is 1. The van der Waals surface area contributed by atoms with Crippen LogP contribution in [0.1, 0.15) is 24.4 Å². The third-order valence-corrected chi connectivity index (χ3v) is 5.85. The number of nitrogens with one attached hydrogen (secondary N) is 1. The average Bonchev–Trinajstić information content (AvgIpc) is 3.39. The molecule has 0 saturated carbocycles. The van der Waals surface area contributed by atoms with E-state index in [-0.39, 0.29) is 0 Å². The fourth-order valence-corrected chi connectivity index (χ4v) is 3.90. The van der Waals surface area contributed by atoms with E-state index in [4.69, 9.17) is 4.74 Å². The Balaban J connectivity index is 1.51. The van der Waals surface area contributed by atoms with Gasteiger partial charge < -0.3 is 20.1 Å². The van der Waals surface area contributed by atoms with Gasteiger partial charge in [0.25, 0.3) is 0 Å². The Kier molecular flexibility index (Phi) is 5.75. The maximum absolute atomic E-state index is 10.6. The summed E-state index contributed by atoms with van der Waals surface area (Å²) >= 11 is 0. The molecule has 0 radical (unpaired) electrons. The minimum atomic E-state index is -1.64. The summed E-state index contributed by atoms with van der Waals surface area (Å²) in [7, 11) is 0. The Morgan fingerprint density at radius 2 is 1.91 bits per heavy atom. The molecule has 1 aliphatic heterocycles. The molecule has 11 nitrogen and oxygen atoms in total. The van der Waals surface area contributed by atoms with Crippen LogP contribution in [0.25, 0.3) is 11.2 Å². The summed E-state index contributed by atoms with van der Waals surface area (Å²) in [6.45, 7) is 0.969. The van der Waals surface area contributed by atoms with Crippen molar-refractivity contribution in [2.24, 2.45) is 5.10 Å². The molecule has 1 saturated heterocycles. The molecule has 34 heavy (non-hydrogen) atoms. The van der Waals surface area contributed by atoms with Gasteiger partial charge in [0.05, 0.1) is 18.6 Å². The van der Waals surface area contributed by atoms with Crippen LogP contribution in [0.15, 0.2) is 72.5 Å². The quantitative estimate of drug-likeness (QED) is 0.244. The maximum atomic E-state index is 10.6. The smallest absolute Gasteiger partial charge is 0.177 e. The molecule has 4 atom stereocenters. The SMILES string of the molecule is C[C@]1(O)C(O)[C@H](n2cnc3c(NN=C(c4ccccc4)c4ccccn4)ncnc32)O[C@@H]1CO. The number of pyridine rings is 1. The lowest BCUT2D eigenvalue weighted by Crippen LogP contribution is -2.46. The van der Waals surface area contributed by atoms with E-state index in [1.165, 1.54) is 24.1 Å². The molecule has 4 heterocycles. The van der Waals surface area contributed by atoms with E-state index < -0.39 is 30.6 Å². The van der Waals surface area contributed by atoms with Gasteiger partial charge in [-0.1, -0.05) is 36.4 Å². The van der Waals surface area contributed by atoms with E-state index in [2.05, 4.69) is 30.5 Å². The van der Waals surface area contributed by atoms with Crippen molar-refractivity contribution in [1.82, 2.24) is 24.5 Å². The minimum absolute atomic E-state index is 0.339. The lowest BCUT2D eigenvalue weighted by molar-refractivity contribution is -0.0804. The number of hydrogen-bond donors (Lipinski definition) is 4. The molecule has 1 unspecified atom stereocenters. The Morgan fingerprint density at radius 1 is 1.12 bits per heavy atom. The first-order valence-electron chi connectivity index (χ1n) is 10.7. The molecule has 11 heteroatoms. The van der Waals surface area contributed by atoms with Gasteiger partial charge in [0.15, 0.2) is 23.2 Å². The Morgan fingerprint density at radius 3 is 2.62 bits per heavy atom. The van der Waals surface area contributed by atoms with Gasteiger partial charge in [-0.25, -0.2) is 15.0 Å². The number of hydrogen-bond acceptors (Lipinski definition) is 10. The molecule has 3 aromatic heterocycles. The highest BCUT2D eigenvalue weighted by Crippen LogP contribution is 2.38. The van der Waals surface area contributed by atoms with Crippen LogP contribution < -0.4 is 5.43 Å². The van der Waals surface area contributed by atoms with Crippen molar-refractivity contribution in [2.45, 2.75) is 31.0 Å². The first kappa shape index (κ1) is 22.0. The van der Waals surface area contributed by atoms with Crippen LogP contribution >= 0.6 is 0 Å². The Bertz CT molecular complexity index is 1270. The molecular weight excluding hydrogens is 438 g/mol. The molecule has 1 aliphatic rings. The molecule has 174 valence electrons. The minimum Gasteiger partial charge on any atom is -0.394 e. The predicted molar refractivity (Wildman–Crippen MR) is 123 cm³/mol. The topological polar surface area (TPSA) is 151 Å². The predicted octanol–water partition coefficient (Wildman–Crippen LogP) is 1.09. The van der Waals surface area contributed by atoms with Gasteiger partial charge in [-0.05, 0) is 19.1 Å². The van der Waals surface area contributed by atoms with Gasteiger partial charge in [-0.15, -0.1) is 0 Å². The summed E-state index contributed by atoms with van der Waals surface area (Å²) in [5.74, 6) is 0.339. The van der Waals surface area contributed by atoms with E-state index in [9.17, 15) is 15.3 Å². The summed E-state index contributed by atoms with van der Waals surface area (Å²) in [4.78, 5) is 17.3. The zero-order valence-corrected chi connectivity index (χ0v) is 18.2. The van der Waals surface area contributed by atoms with Crippen LogP contribution in [0.5, 0.6) is 0 Å². The molecular formula is C23H23N7O4. The molecule has 0 aliphatic carbocycles. The van der Waals surface area contributed by atoms with Crippen LogP contribution in [0.4, 0.5) is 5.82 Å². The van der Waals surface area contributed by atoms with Gasteiger partial charge in [0.1, 0.15) is 29.8 Å². The number of hydrazone groups is 1. The van der Waals surface area contributed by atoms with Gasteiger partial charge >= 0.3 is 0 Å². The van der Waals surface area contributed by atoms with Crippen LogP contribution in [-0.4, -0.2) is 70.0 Å². The van der Waals surface area contributed by atoms with Gasteiger partial charge in [0, 0.05) is 11.8 Å². The normalized spacial score (nSPS) is 25.1. The summed E-state index contributed by atoms with van der Waals surface area (Å²) in [6, 6.07) is 15.2.